The minimum atomic E-state index is -0.333. The summed E-state index contributed by atoms with van der Waals surface area (Å²) in [5.74, 6) is 0.381. The molecular formula is C12H16BrNO2. The van der Waals surface area contributed by atoms with Crippen LogP contribution in [-0.2, 0) is 4.74 Å². The van der Waals surface area contributed by atoms with Crippen LogP contribution in [0, 0.1) is 5.92 Å². The molecule has 0 aliphatic heterocycles. The monoisotopic (exact) mass is 285 g/mol. The summed E-state index contributed by atoms with van der Waals surface area (Å²) in [4.78, 5) is 13.3. The number of methoxy groups -OCH3 is 1. The van der Waals surface area contributed by atoms with Crippen molar-refractivity contribution in [3.05, 3.63) is 28.7 Å². The molecule has 0 N–H and O–H groups in total. The molecule has 0 fully saturated rings. The number of rotatable bonds is 3. The van der Waals surface area contributed by atoms with E-state index >= 15 is 0 Å². The Labute approximate surface area is 105 Å². The van der Waals surface area contributed by atoms with Gasteiger partial charge in [-0.15, -0.1) is 0 Å². The SMILES string of the molecule is COC(=O)N(CC(C)C)c1ccccc1Br. The maximum absolute atomic E-state index is 11.7. The van der Waals surface area contributed by atoms with Gasteiger partial charge in [-0.1, -0.05) is 26.0 Å². The second kappa shape index (κ2) is 5.89. The van der Waals surface area contributed by atoms with Gasteiger partial charge in [-0.3, -0.25) is 4.90 Å². The fraction of sp³-hybridized carbons (Fsp3) is 0.417. The molecule has 0 spiro atoms. The second-order valence-corrected chi connectivity index (χ2v) is 4.78. The highest BCUT2D eigenvalue weighted by atomic mass is 79.9. The van der Waals surface area contributed by atoms with E-state index in [9.17, 15) is 4.79 Å². The van der Waals surface area contributed by atoms with Crippen molar-refractivity contribution < 1.29 is 9.53 Å². The number of nitrogens with zero attached hydrogens (tertiary/aromatic N) is 1. The van der Waals surface area contributed by atoms with E-state index in [1.54, 1.807) is 4.90 Å². The number of amides is 1. The van der Waals surface area contributed by atoms with Crippen LogP contribution in [0.1, 0.15) is 13.8 Å². The van der Waals surface area contributed by atoms with Gasteiger partial charge in [0.05, 0.1) is 12.8 Å². The average molecular weight is 286 g/mol. The summed E-state index contributed by atoms with van der Waals surface area (Å²) in [5, 5.41) is 0. The van der Waals surface area contributed by atoms with E-state index in [-0.39, 0.29) is 6.09 Å². The minimum absolute atomic E-state index is 0.333. The number of para-hydroxylation sites is 1. The Bertz CT molecular complexity index is 366. The van der Waals surface area contributed by atoms with Crippen LogP contribution in [-0.4, -0.2) is 19.7 Å². The lowest BCUT2D eigenvalue weighted by Crippen LogP contribution is -2.34. The van der Waals surface area contributed by atoms with Crippen LogP contribution >= 0.6 is 15.9 Å². The zero-order valence-corrected chi connectivity index (χ0v) is 11.3. The Morgan fingerprint density at radius 1 is 1.44 bits per heavy atom. The third-order valence-corrected chi connectivity index (χ3v) is 2.76. The minimum Gasteiger partial charge on any atom is -0.452 e. The maximum atomic E-state index is 11.7. The van der Waals surface area contributed by atoms with Gasteiger partial charge in [0.25, 0.3) is 0 Å². The van der Waals surface area contributed by atoms with E-state index in [0.717, 1.165) is 10.2 Å². The molecule has 0 aliphatic carbocycles. The van der Waals surface area contributed by atoms with Gasteiger partial charge in [0, 0.05) is 11.0 Å². The maximum Gasteiger partial charge on any atom is 0.414 e. The number of benzene rings is 1. The van der Waals surface area contributed by atoms with Crippen LogP contribution in [0.15, 0.2) is 28.7 Å². The summed E-state index contributed by atoms with van der Waals surface area (Å²) in [6.45, 7) is 4.76. The van der Waals surface area contributed by atoms with Crippen molar-refractivity contribution in [2.45, 2.75) is 13.8 Å². The van der Waals surface area contributed by atoms with E-state index in [0.29, 0.717) is 12.5 Å². The summed E-state index contributed by atoms with van der Waals surface area (Å²) in [7, 11) is 1.40. The van der Waals surface area contributed by atoms with Crippen LogP contribution in [0.25, 0.3) is 0 Å². The van der Waals surface area contributed by atoms with Crippen molar-refractivity contribution in [2.24, 2.45) is 5.92 Å². The Hall–Kier alpha value is -1.03. The Kier molecular flexibility index (Phi) is 4.80. The number of hydrogen-bond acceptors (Lipinski definition) is 2. The van der Waals surface area contributed by atoms with E-state index in [4.69, 9.17) is 4.74 Å². The zero-order valence-electron chi connectivity index (χ0n) is 9.74. The van der Waals surface area contributed by atoms with Crippen molar-refractivity contribution >= 4 is 27.7 Å². The third kappa shape index (κ3) is 3.23. The van der Waals surface area contributed by atoms with Gasteiger partial charge in [-0.2, -0.15) is 0 Å². The molecule has 0 saturated carbocycles. The van der Waals surface area contributed by atoms with E-state index in [1.165, 1.54) is 7.11 Å². The first-order valence-electron chi connectivity index (χ1n) is 5.16. The van der Waals surface area contributed by atoms with Gasteiger partial charge >= 0.3 is 6.09 Å². The molecule has 3 nitrogen and oxygen atoms in total. The molecule has 1 rings (SSSR count). The summed E-state index contributed by atoms with van der Waals surface area (Å²) < 4.78 is 5.68. The highest BCUT2D eigenvalue weighted by Crippen LogP contribution is 2.26. The second-order valence-electron chi connectivity index (χ2n) is 3.93. The molecule has 1 amide bonds. The molecule has 1 aromatic carbocycles. The number of halogens is 1. The number of anilines is 1. The van der Waals surface area contributed by atoms with Crippen molar-refractivity contribution in [1.29, 1.82) is 0 Å². The molecule has 88 valence electrons. The van der Waals surface area contributed by atoms with Crippen LogP contribution < -0.4 is 4.90 Å². The Morgan fingerprint density at radius 3 is 2.56 bits per heavy atom. The van der Waals surface area contributed by atoms with Crippen molar-refractivity contribution in [2.75, 3.05) is 18.6 Å². The molecule has 16 heavy (non-hydrogen) atoms. The fourth-order valence-electron chi connectivity index (χ4n) is 1.42. The number of carbonyl (C=O) groups is 1. The molecular weight excluding hydrogens is 270 g/mol. The lowest BCUT2D eigenvalue weighted by atomic mass is 10.2. The standard InChI is InChI=1S/C12H16BrNO2/c1-9(2)8-14(12(15)16-3)11-7-5-4-6-10(11)13/h4-7,9H,8H2,1-3H3. The highest BCUT2D eigenvalue weighted by Gasteiger charge is 2.19. The molecule has 0 aromatic heterocycles. The number of ether oxygens (including phenoxy) is 1. The summed E-state index contributed by atoms with van der Waals surface area (Å²) in [5.41, 5.74) is 0.836. The summed E-state index contributed by atoms with van der Waals surface area (Å²) in [6.07, 6.45) is -0.333. The first-order valence-corrected chi connectivity index (χ1v) is 5.95. The third-order valence-electron chi connectivity index (χ3n) is 2.09. The largest absolute Gasteiger partial charge is 0.452 e. The Balaban J connectivity index is 3.01. The topological polar surface area (TPSA) is 29.5 Å². The molecule has 0 atom stereocenters. The van der Waals surface area contributed by atoms with Crippen LogP contribution in [0.5, 0.6) is 0 Å². The van der Waals surface area contributed by atoms with Gasteiger partial charge < -0.3 is 4.74 Å². The number of carbonyl (C=O) groups excluding carboxylic acids is 1. The van der Waals surface area contributed by atoms with Crippen LogP contribution in [0.2, 0.25) is 0 Å². The molecule has 0 unspecified atom stereocenters. The van der Waals surface area contributed by atoms with Crippen molar-refractivity contribution in [1.82, 2.24) is 0 Å². The normalized spacial score (nSPS) is 10.3. The Morgan fingerprint density at radius 2 is 2.06 bits per heavy atom. The van der Waals surface area contributed by atoms with Crippen LogP contribution in [0.3, 0.4) is 0 Å². The molecule has 0 heterocycles. The average Bonchev–Trinajstić information content (AvgIpc) is 2.26. The van der Waals surface area contributed by atoms with Gasteiger partial charge in [-0.25, -0.2) is 4.79 Å². The van der Waals surface area contributed by atoms with Gasteiger partial charge in [0.15, 0.2) is 0 Å². The fourth-order valence-corrected chi connectivity index (χ4v) is 1.92. The first-order chi connectivity index (χ1) is 7.56. The molecule has 0 aliphatic rings. The molecule has 1 aromatic rings. The zero-order chi connectivity index (χ0) is 12.1. The summed E-state index contributed by atoms with van der Waals surface area (Å²) in [6, 6.07) is 7.61. The van der Waals surface area contributed by atoms with Gasteiger partial charge in [0.1, 0.15) is 0 Å². The van der Waals surface area contributed by atoms with Gasteiger partial charge in [-0.05, 0) is 34.0 Å². The van der Waals surface area contributed by atoms with Crippen LogP contribution in [0.4, 0.5) is 10.5 Å². The quantitative estimate of drug-likeness (QED) is 0.848. The highest BCUT2D eigenvalue weighted by molar-refractivity contribution is 9.10. The first kappa shape index (κ1) is 13.0. The lowest BCUT2D eigenvalue weighted by molar-refractivity contribution is 0.177. The summed E-state index contributed by atoms with van der Waals surface area (Å²) >= 11 is 3.43. The molecule has 4 heteroatoms. The number of hydrogen-bond donors (Lipinski definition) is 0. The smallest absolute Gasteiger partial charge is 0.414 e. The lowest BCUT2D eigenvalue weighted by Gasteiger charge is -2.24. The van der Waals surface area contributed by atoms with E-state index in [1.807, 2.05) is 24.3 Å². The molecule has 0 bridgehead atoms. The predicted octanol–water partition coefficient (Wildman–Crippen LogP) is 3.68. The van der Waals surface area contributed by atoms with E-state index in [2.05, 4.69) is 29.8 Å². The van der Waals surface area contributed by atoms with Crippen molar-refractivity contribution in [3.63, 3.8) is 0 Å². The van der Waals surface area contributed by atoms with Gasteiger partial charge in [0.2, 0.25) is 0 Å². The molecule has 0 saturated heterocycles. The predicted molar refractivity (Wildman–Crippen MR) is 68.7 cm³/mol. The van der Waals surface area contributed by atoms with E-state index < -0.39 is 0 Å². The molecule has 0 radical (unpaired) electrons. The van der Waals surface area contributed by atoms with Crippen molar-refractivity contribution in [3.8, 4) is 0 Å².